The van der Waals surface area contributed by atoms with E-state index in [2.05, 4.69) is 5.32 Å². The third kappa shape index (κ3) is 4.27. The molecular formula is C16H15F2NO2. The molecule has 2 aromatic rings. The number of hydrogen-bond acceptors (Lipinski definition) is 2. The Kier molecular flexibility index (Phi) is 4.87. The van der Waals surface area contributed by atoms with E-state index >= 15 is 0 Å². The predicted octanol–water partition coefficient (Wildman–Crippen LogP) is 2.83. The molecule has 0 spiro atoms. The second-order valence-corrected chi connectivity index (χ2v) is 4.55. The number of ether oxygens (including phenoxy) is 1. The van der Waals surface area contributed by atoms with Crippen molar-refractivity contribution in [2.45, 2.75) is 13.0 Å². The van der Waals surface area contributed by atoms with Crippen molar-refractivity contribution in [1.82, 2.24) is 5.32 Å². The van der Waals surface area contributed by atoms with Crippen molar-refractivity contribution in [2.24, 2.45) is 0 Å². The third-order valence-electron chi connectivity index (χ3n) is 2.97. The van der Waals surface area contributed by atoms with Gasteiger partial charge >= 0.3 is 0 Å². The molecule has 3 nitrogen and oxygen atoms in total. The van der Waals surface area contributed by atoms with E-state index in [0.717, 1.165) is 17.7 Å². The monoisotopic (exact) mass is 291 g/mol. The summed E-state index contributed by atoms with van der Waals surface area (Å²) in [7, 11) is 1.56. The molecule has 2 aromatic carbocycles. The van der Waals surface area contributed by atoms with E-state index in [4.69, 9.17) is 4.74 Å². The Bertz CT molecular complexity index is 644. The van der Waals surface area contributed by atoms with Crippen molar-refractivity contribution >= 4 is 5.91 Å². The molecule has 0 unspecified atom stereocenters. The maximum absolute atomic E-state index is 13.0. The summed E-state index contributed by atoms with van der Waals surface area (Å²) >= 11 is 0. The smallest absolute Gasteiger partial charge is 0.224 e. The van der Waals surface area contributed by atoms with E-state index in [0.29, 0.717) is 11.3 Å². The topological polar surface area (TPSA) is 38.3 Å². The largest absolute Gasteiger partial charge is 0.497 e. The fourth-order valence-corrected chi connectivity index (χ4v) is 1.88. The van der Waals surface area contributed by atoms with Crippen LogP contribution in [0.4, 0.5) is 8.78 Å². The Morgan fingerprint density at radius 1 is 1.10 bits per heavy atom. The van der Waals surface area contributed by atoms with Crippen LogP contribution in [0.1, 0.15) is 11.1 Å². The van der Waals surface area contributed by atoms with E-state index in [1.54, 1.807) is 25.3 Å². The van der Waals surface area contributed by atoms with Gasteiger partial charge in [0.15, 0.2) is 11.6 Å². The van der Waals surface area contributed by atoms with Crippen molar-refractivity contribution in [3.8, 4) is 5.75 Å². The molecule has 0 aliphatic carbocycles. The van der Waals surface area contributed by atoms with Crippen molar-refractivity contribution < 1.29 is 18.3 Å². The maximum atomic E-state index is 13.0. The van der Waals surface area contributed by atoms with Crippen LogP contribution in [-0.2, 0) is 17.8 Å². The van der Waals surface area contributed by atoms with Gasteiger partial charge in [-0.2, -0.15) is 0 Å². The van der Waals surface area contributed by atoms with Crippen LogP contribution in [0.15, 0.2) is 42.5 Å². The highest BCUT2D eigenvalue weighted by atomic mass is 19.2. The molecule has 110 valence electrons. The molecule has 0 atom stereocenters. The highest BCUT2D eigenvalue weighted by Crippen LogP contribution is 2.13. The number of carbonyl (C=O) groups excluding carboxylic acids is 1. The summed E-state index contributed by atoms with van der Waals surface area (Å²) in [5.74, 6) is -1.34. The van der Waals surface area contributed by atoms with Gasteiger partial charge in [-0.15, -0.1) is 0 Å². The average molecular weight is 291 g/mol. The summed E-state index contributed by atoms with van der Waals surface area (Å²) in [6, 6.07) is 10.7. The van der Waals surface area contributed by atoms with Gasteiger partial charge in [0.05, 0.1) is 13.5 Å². The molecule has 2 rings (SSSR count). The molecule has 0 heterocycles. The summed E-state index contributed by atoms with van der Waals surface area (Å²) in [6.45, 7) is 0.153. The summed E-state index contributed by atoms with van der Waals surface area (Å²) in [5.41, 5.74) is 1.32. The van der Waals surface area contributed by atoms with Crippen LogP contribution in [0.5, 0.6) is 5.75 Å². The SMILES string of the molecule is COc1cccc(CC(=O)NCc2ccc(F)c(F)c2)c1. The minimum absolute atomic E-state index is 0.153. The van der Waals surface area contributed by atoms with Crippen molar-refractivity contribution in [2.75, 3.05) is 7.11 Å². The number of amides is 1. The van der Waals surface area contributed by atoms with Crippen LogP contribution in [-0.4, -0.2) is 13.0 Å². The van der Waals surface area contributed by atoms with Gasteiger partial charge in [-0.05, 0) is 35.4 Å². The van der Waals surface area contributed by atoms with Gasteiger partial charge in [0.2, 0.25) is 5.91 Å². The fourth-order valence-electron chi connectivity index (χ4n) is 1.88. The lowest BCUT2D eigenvalue weighted by molar-refractivity contribution is -0.120. The van der Waals surface area contributed by atoms with Crippen LogP contribution >= 0.6 is 0 Å². The van der Waals surface area contributed by atoms with Gasteiger partial charge < -0.3 is 10.1 Å². The maximum Gasteiger partial charge on any atom is 0.224 e. The lowest BCUT2D eigenvalue weighted by atomic mass is 10.1. The Morgan fingerprint density at radius 2 is 1.90 bits per heavy atom. The normalized spacial score (nSPS) is 10.2. The molecule has 1 amide bonds. The van der Waals surface area contributed by atoms with E-state index in [1.165, 1.54) is 6.07 Å². The van der Waals surface area contributed by atoms with E-state index < -0.39 is 11.6 Å². The quantitative estimate of drug-likeness (QED) is 0.920. The highest BCUT2D eigenvalue weighted by molar-refractivity contribution is 5.78. The summed E-state index contributed by atoms with van der Waals surface area (Å²) in [5, 5.41) is 2.66. The van der Waals surface area contributed by atoms with Crippen LogP contribution in [0.3, 0.4) is 0 Å². The van der Waals surface area contributed by atoms with Crippen molar-refractivity contribution in [1.29, 1.82) is 0 Å². The number of rotatable bonds is 5. The summed E-state index contributed by atoms with van der Waals surface area (Å²) in [4.78, 5) is 11.8. The number of halogens is 2. The first-order chi connectivity index (χ1) is 10.1. The summed E-state index contributed by atoms with van der Waals surface area (Å²) < 4.78 is 30.9. The first-order valence-corrected chi connectivity index (χ1v) is 6.42. The molecule has 5 heteroatoms. The molecule has 0 aromatic heterocycles. The van der Waals surface area contributed by atoms with Crippen LogP contribution in [0, 0.1) is 11.6 Å². The third-order valence-corrected chi connectivity index (χ3v) is 2.97. The second-order valence-electron chi connectivity index (χ2n) is 4.55. The molecule has 0 saturated heterocycles. The first-order valence-electron chi connectivity index (χ1n) is 6.42. The van der Waals surface area contributed by atoms with Crippen LogP contribution in [0.25, 0.3) is 0 Å². The van der Waals surface area contributed by atoms with Gasteiger partial charge in [-0.3, -0.25) is 4.79 Å². The molecule has 0 aliphatic rings. The lowest BCUT2D eigenvalue weighted by Gasteiger charge is -2.07. The summed E-state index contributed by atoms with van der Waals surface area (Å²) in [6.07, 6.45) is 0.195. The number of methoxy groups -OCH3 is 1. The number of benzene rings is 2. The van der Waals surface area contributed by atoms with Gasteiger partial charge in [0.1, 0.15) is 5.75 Å². The molecule has 0 bridgehead atoms. The Labute approximate surface area is 121 Å². The number of nitrogens with one attached hydrogen (secondary N) is 1. The van der Waals surface area contributed by atoms with E-state index in [9.17, 15) is 13.6 Å². The molecule has 0 saturated carbocycles. The Morgan fingerprint density at radius 3 is 2.62 bits per heavy atom. The van der Waals surface area contributed by atoms with Crippen LogP contribution in [0.2, 0.25) is 0 Å². The fraction of sp³-hybridized carbons (Fsp3) is 0.188. The zero-order valence-corrected chi connectivity index (χ0v) is 11.5. The molecule has 0 aliphatic heterocycles. The van der Waals surface area contributed by atoms with Gasteiger partial charge in [-0.1, -0.05) is 18.2 Å². The highest BCUT2D eigenvalue weighted by Gasteiger charge is 2.06. The van der Waals surface area contributed by atoms with Crippen molar-refractivity contribution in [3.05, 3.63) is 65.2 Å². The van der Waals surface area contributed by atoms with Crippen LogP contribution < -0.4 is 10.1 Å². The molecule has 1 N–H and O–H groups in total. The first kappa shape index (κ1) is 15.0. The minimum atomic E-state index is -0.922. The number of carbonyl (C=O) groups is 1. The predicted molar refractivity (Wildman–Crippen MR) is 74.9 cm³/mol. The molecule has 0 fully saturated rings. The Balaban J connectivity index is 1.90. The zero-order valence-electron chi connectivity index (χ0n) is 11.5. The molecule has 0 radical (unpaired) electrons. The van der Waals surface area contributed by atoms with E-state index in [-0.39, 0.29) is 18.9 Å². The Hall–Kier alpha value is -2.43. The van der Waals surface area contributed by atoms with E-state index in [1.807, 2.05) is 6.07 Å². The second kappa shape index (κ2) is 6.83. The lowest BCUT2D eigenvalue weighted by Crippen LogP contribution is -2.24. The van der Waals surface area contributed by atoms with Gasteiger partial charge in [0, 0.05) is 6.54 Å². The standard InChI is InChI=1S/C16H15F2NO2/c1-21-13-4-2-3-11(7-13)9-16(20)19-10-12-5-6-14(17)15(18)8-12/h2-8H,9-10H2,1H3,(H,19,20). The van der Waals surface area contributed by atoms with Gasteiger partial charge in [-0.25, -0.2) is 8.78 Å². The number of hydrogen-bond donors (Lipinski definition) is 1. The zero-order chi connectivity index (χ0) is 15.2. The minimum Gasteiger partial charge on any atom is -0.497 e. The molecular weight excluding hydrogens is 276 g/mol. The average Bonchev–Trinajstić information content (AvgIpc) is 2.48. The van der Waals surface area contributed by atoms with Crippen molar-refractivity contribution in [3.63, 3.8) is 0 Å². The van der Waals surface area contributed by atoms with Gasteiger partial charge in [0.25, 0.3) is 0 Å². The molecule has 21 heavy (non-hydrogen) atoms.